The smallest absolute Gasteiger partial charge is 0.224 e. The van der Waals surface area contributed by atoms with Crippen molar-refractivity contribution in [3.63, 3.8) is 0 Å². The maximum atomic E-state index is 12.6. The Hall–Kier alpha value is -4.09. The summed E-state index contributed by atoms with van der Waals surface area (Å²) in [5.41, 5.74) is 7.58. The molecular weight excluding hydrogens is 542 g/mol. The summed E-state index contributed by atoms with van der Waals surface area (Å²) in [6.45, 7) is 6.17. The number of rotatable bonds is 13. The van der Waals surface area contributed by atoms with Gasteiger partial charge in [0.15, 0.2) is 0 Å². The Labute approximate surface area is 253 Å². The Morgan fingerprint density at radius 3 is 2.31 bits per heavy atom. The average molecular weight is 580 g/mol. The molecule has 5 nitrogen and oxygen atoms in total. The molecule has 0 radical (unpaired) electrons. The minimum absolute atomic E-state index is 0.0436. The van der Waals surface area contributed by atoms with E-state index in [2.05, 4.69) is 52.3 Å². The molecule has 1 N–H and O–H groups in total. The molecule has 42 heavy (non-hydrogen) atoms. The first kappa shape index (κ1) is 29.4. The summed E-state index contributed by atoms with van der Waals surface area (Å²) in [6, 6.07) is 30.8. The summed E-state index contributed by atoms with van der Waals surface area (Å²) >= 11 is 6.28. The molecule has 0 spiro atoms. The van der Waals surface area contributed by atoms with Crippen molar-refractivity contribution in [3.05, 3.63) is 119 Å². The van der Waals surface area contributed by atoms with Gasteiger partial charge in [0.25, 0.3) is 0 Å². The molecule has 0 fully saturated rings. The Morgan fingerprint density at radius 2 is 1.55 bits per heavy atom. The molecular formula is C36H38ClN3O2. The van der Waals surface area contributed by atoms with Gasteiger partial charge in [0, 0.05) is 24.5 Å². The van der Waals surface area contributed by atoms with Crippen molar-refractivity contribution < 1.29 is 9.53 Å². The van der Waals surface area contributed by atoms with Crippen LogP contribution < -0.4 is 10.1 Å². The third-order valence-electron chi connectivity index (χ3n) is 7.51. The van der Waals surface area contributed by atoms with Gasteiger partial charge < -0.3 is 14.6 Å². The topological polar surface area (TPSA) is 56.1 Å². The number of aryl methyl sites for hydroxylation is 4. The van der Waals surface area contributed by atoms with E-state index < -0.39 is 0 Å². The molecule has 0 saturated heterocycles. The second-order valence-corrected chi connectivity index (χ2v) is 11.2. The number of imidazole rings is 1. The van der Waals surface area contributed by atoms with Crippen molar-refractivity contribution in [3.8, 4) is 16.9 Å². The number of hydrogen-bond acceptors (Lipinski definition) is 3. The number of fused-ring (bicyclic) bond motifs is 1. The average Bonchev–Trinajstić information content (AvgIpc) is 3.36. The van der Waals surface area contributed by atoms with Crippen LogP contribution in [0.4, 0.5) is 0 Å². The quantitative estimate of drug-likeness (QED) is 0.143. The third-order valence-corrected chi connectivity index (χ3v) is 8.11. The molecule has 1 aromatic heterocycles. The first-order valence-corrected chi connectivity index (χ1v) is 15.1. The summed E-state index contributed by atoms with van der Waals surface area (Å²) in [6.07, 6.45) is 3.94. The molecule has 0 aliphatic carbocycles. The first-order valence-electron chi connectivity index (χ1n) is 14.7. The molecule has 0 atom stereocenters. The lowest BCUT2D eigenvalue weighted by atomic mass is 10.0. The normalized spacial score (nSPS) is 11.1. The van der Waals surface area contributed by atoms with Gasteiger partial charge in [-0.3, -0.25) is 4.79 Å². The summed E-state index contributed by atoms with van der Waals surface area (Å²) < 4.78 is 8.33. The van der Waals surface area contributed by atoms with Crippen LogP contribution in [0, 0.1) is 13.8 Å². The predicted molar refractivity (Wildman–Crippen MR) is 172 cm³/mol. The van der Waals surface area contributed by atoms with Gasteiger partial charge in [-0.05, 0) is 85.2 Å². The number of hydrogen-bond donors (Lipinski definition) is 1. The van der Waals surface area contributed by atoms with Gasteiger partial charge in [0.2, 0.25) is 5.91 Å². The number of nitrogens with zero attached hydrogens (tertiary/aromatic N) is 2. The van der Waals surface area contributed by atoms with E-state index in [4.69, 9.17) is 21.3 Å². The second kappa shape index (κ2) is 14.2. The summed E-state index contributed by atoms with van der Waals surface area (Å²) in [5.74, 6) is 1.98. The highest BCUT2D eigenvalue weighted by molar-refractivity contribution is 6.32. The van der Waals surface area contributed by atoms with E-state index in [9.17, 15) is 4.79 Å². The van der Waals surface area contributed by atoms with Crippen molar-refractivity contribution in [2.24, 2.45) is 0 Å². The molecule has 0 aliphatic rings. The van der Waals surface area contributed by atoms with Crippen molar-refractivity contribution in [1.29, 1.82) is 0 Å². The van der Waals surface area contributed by atoms with E-state index in [1.54, 1.807) is 0 Å². The highest BCUT2D eigenvalue weighted by Crippen LogP contribution is 2.26. The number of ether oxygens (including phenoxy) is 1. The van der Waals surface area contributed by atoms with E-state index in [1.807, 2.05) is 62.4 Å². The van der Waals surface area contributed by atoms with E-state index in [0.717, 1.165) is 82.1 Å². The van der Waals surface area contributed by atoms with E-state index >= 15 is 0 Å². The number of carbonyl (C=O) groups excluding carboxylic acids is 1. The predicted octanol–water partition coefficient (Wildman–Crippen LogP) is 8.12. The van der Waals surface area contributed by atoms with E-state index in [1.165, 1.54) is 5.56 Å². The zero-order chi connectivity index (χ0) is 29.3. The lowest BCUT2D eigenvalue weighted by Crippen LogP contribution is -2.26. The molecule has 1 amide bonds. The fourth-order valence-corrected chi connectivity index (χ4v) is 5.39. The van der Waals surface area contributed by atoms with Crippen molar-refractivity contribution >= 4 is 28.5 Å². The minimum Gasteiger partial charge on any atom is -0.494 e. The van der Waals surface area contributed by atoms with Gasteiger partial charge in [-0.15, -0.1) is 0 Å². The summed E-state index contributed by atoms with van der Waals surface area (Å²) in [4.78, 5) is 17.5. The maximum Gasteiger partial charge on any atom is 0.224 e. The Morgan fingerprint density at radius 1 is 0.857 bits per heavy atom. The first-order chi connectivity index (χ1) is 20.5. The monoisotopic (exact) mass is 579 g/mol. The van der Waals surface area contributed by atoms with Crippen LogP contribution in [-0.4, -0.2) is 28.6 Å². The van der Waals surface area contributed by atoms with Crippen LogP contribution in [-0.2, 0) is 24.2 Å². The Bertz CT molecular complexity index is 1600. The van der Waals surface area contributed by atoms with Crippen molar-refractivity contribution in [2.45, 2.75) is 52.5 Å². The van der Waals surface area contributed by atoms with E-state index in [0.29, 0.717) is 19.6 Å². The number of halogens is 1. The number of para-hydroxylation sites is 2. The molecule has 5 aromatic rings. The highest BCUT2D eigenvalue weighted by Gasteiger charge is 2.11. The largest absolute Gasteiger partial charge is 0.494 e. The van der Waals surface area contributed by atoms with Gasteiger partial charge >= 0.3 is 0 Å². The zero-order valence-electron chi connectivity index (χ0n) is 24.4. The minimum atomic E-state index is 0.0436. The van der Waals surface area contributed by atoms with Crippen molar-refractivity contribution in [2.75, 3.05) is 13.2 Å². The molecule has 0 unspecified atom stereocenters. The fourth-order valence-electron chi connectivity index (χ4n) is 5.29. The van der Waals surface area contributed by atoms with Crippen LogP contribution in [0.1, 0.15) is 41.8 Å². The lowest BCUT2D eigenvalue weighted by molar-refractivity contribution is -0.120. The lowest BCUT2D eigenvalue weighted by Gasteiger charge is -2.12. The highest BCUT2D eigenvalue weighted by atomic mass is 35.5. The van der Waals surface area contributed by atoms with Crippen LogP contribution in [0.2, 0.25) is 5.02 Å². The molecule has 0 bridgehead atoms. The van der Waals surface area contributed by atoms with Crippen LogP contribution in [0.3, 0.4) is 0 Å². The number of carbonyl (C=O) groups is 1. The molecule has 4 aromatic carbocycles. The fraction of sp³-hybridized carbons (Fsp3) is 0.278. The van der Waals surface area contributed by atoms with Gasteiger partial charge in [-0.2, -0.15) is 0 Å². The second-order valence-electron chi connectivity index (χ2n) is 10.8. The summed E-state index contributed by atoms with van der Waals surface area (Å²) in [7, 11) is 0. The van der Waals surface area contributed by atoms with Crippen molar-refractivity contribution in [1.82, 2.24) is 14.9 Å². The van der Waals surface area contributed by atoms with Crippen LogP contribution in [0.15, 0.2) is 91.0 Å². The number of amides is 1. The molecule has 5 rings (SSSR count). The van der Waals surface area contributed by atoms with Crippen LogP contribution >= 0.6 is 11.6 Å². The number of benzene rings is 4. The molecule has 0 aliphatic heterocycles. The number of unbranched alkanes of at least 4 members (excludes halogenated alkanes) is 1. The third kappa shape index (κ3) is 7.59. The SMILES string of the molecule is Cc1cc(OCCCCn2c(CCCNC(=O)Cc3ccc(-c4ccccc4)cc3)nc3ccccc32)cc(C)c1Cl. The van der Waals surface area contributed by atoms with Gasteiger partial charge in [-0.1, -0.05) is 78.3 Å². The van der Waals surface area contributed by atoms with Gasteiger partial charge in [0.1, 0.15) is 11.6 Å². The molecule has 0 saturated carbocycles. The molecule has 6 heteroatoms. The summed E-state index contributed by atoms with van der Waals surface area (Å²) in [5, 5.41) is 3.89. The Balaban J connectivity index is 1.09. The molecule has 1 heterocycles. The van der Waals surface area contributed by atoms with Gasteiger partial charge in [-0.25, -0.2) is 4.98 Å². The standard InChI is InChI=1S/C36H38ClN3O2/c1-26-23-31(24-27(2)36(26)37)42-22-9-8-21-40-33-14-7-6-13-32(33)39-34(40)15-10-20-38-35(41)25-28-16-18-30(19-17-28)29-11-4-3-5-12-29/h3-7,11-14,16-19,23-24H,8-10,15,20-22,25H2,1-2H3,(H,38,41). The van der Waals surface area contributed by atoms with Gasteiger partial charge in [0.05, 0.1) is 24.1 Å². The zero-order valence-corrected chi connectivity index (χ0v) is 25.2. The molecule has 216 valence electrons. The van der Waals surface area contributed by atoms with Crippen LogP contribution in [0.5, 0.6) is 5.75 Å². The number of nitrogens with one attached hydrogen (secondary N) is 1. The number of aromatic nitrogens is 2. The maximum absolute atomic E-state index is 12.6. The Kier molecular flexibility index (Phi) is 9.94. The van der Waals surface area contributed by atoms with E-state index in [-0.39, 0.29) is 5.91 Å². The van der Waals surface area contributed by atoms with Crippen LogP contribution in [0.25, 0.3) is 22.2 Å².